The summed E-state index contributed by atoms with van der Waals surface area (Å²) in [6.07, 6.45) is 0. The number of nitrogens with two attached hydrogens (primary N) is 1. The normalized spacial score (nSPS) is 10.2. The van der Waals surface area contributed by atoms with E-state index in [1.807, 2.05) is 55.3 Å². The Balaban J connectivity index is 2.28. The van der Waals surface area contributed by atoms with Gasteiger partial charge in [0.15, 0.2) is 0 Å². The molecule has 110 valence electrons. The standard InChI is InChI=1S/C16H20N4O/c1-11-8-13(16(17)18)9-15(19-11)20(2)10-12-6-4-5-7-14(12)21-3/h4-9H,10H2,1-3H3,(H3,17,18). The summed E-state index contributed by atoms with van der Waals surface area (Å²) in [5.74, 6) is 1.68. The molecule has 0 aliphatic rings. The van der Waals surface area contributed by atoms with Gasteiger partial charge in [-0.1, -0.05) is 18.2 Å². The van der Waals surface area contributed by atoms with Crippen LogP contribution in [0.4, 0.5) is 5.82 Å². The second kappa shape index (κ2) is 6.26. The van der Waals surface area contributed by atoms with Crippen LogP contribution in [0.1, 0.15) is 16.8 Å². The Kier molecular flexibility index (Phi) is 4.42. The summed E-state index contributed by atoms with van der Waals surface area (Å²) in [5.41, 5.74) is 8.17. The van der Waals surface area contributed by atoms with Crippen LogP contribution in [0.15, 0.2) is 36.4 Å². The lowest BCUT2D eigenvalue weighted by atomic mass is 10.1. The first-order chi connectivity index (χ1) is 10.0. The molecule has 1 heterocycles. The van der Waals surface area contributed by atoms with Gasteiger partial charge < -0.3 is 15.4 Å². The van der Waals surface area contributed by atoms with Crippen LogP contribution in [-0.2, 0) is 6.54 Å². The van der Waals surface area contributed by atoms with Crippen molar-refractivity contribution in [3.8, 4) is 5.75 Å². The number of hydrogen-bond acceptors (Lipinski definition) is 4. The smallest absolute Gasteiger partial charge is 0.129 e. The third-order valence-electron chi connectivity index (χ3n) is 3.24. The highest BCUT2D eigenvalue weighted by Gasteiger charge is 2.10. The summed E-state index contributed by atoms with van der Waals surface area (Å²) in [7, 11) is 3.62. The Hall–Kier alpha value is -2.56. The second-order valence-corrected chi connectivity index (χ2v) is 4.94. The predicted molar refractivity (Wildman–Crippen MR) is 85.1 cm³/mol. The molecule has 0 saturated heterocycles. The average Bonchev–Trinajstić information content (AvgIpc) is 2.47. The van der Waals surface area contributed by atoms with Crippen LogP contribution in [0.2, 0.25) is 0 Å². The number of pyridine rings is 1. The van der Waals surface area contributed by atoms with Gasteiger partial charge in [-0.05, 0) is 25.1 Å². The highest BCUT2D eigenvalue weighted by atomic mass is 16.5. The van der Waals surface area contributed by atoms with E-state index in [0.29, 0.717) is 12.1 Å². The Bertz CT molecular complexity index is 654. The lowest BCUT2D eigenvalue weighted by Gasteiger charge is -2.20. The van der Waals surface area contributed by atoms with Crippen molar-refractivity contribution in [2.45, 2.75) is 13.5 Å². The fourth-order valence-corrected chi connectivity index (χ4v) is 2.17. The van der Waals surface area contributed by atoms with Crippen molar-refractivity contribution < 1.29 is 4.74 Å². The molecule has 1 aromatic carbocycles. The Morgan fingerprint density at radius 3 is 2.71 bits per heavy atom. The van der Waals surface area contributed by atoms with Gasteiger partial charge in [0, 0.05) is 30.4 Å². The summed E-state index contributed by atoms with van der Waals surface area (Å²) in [6, 6.07) is 11.5. The molecule has 0 spiro atoms. The van der Waals surface area contributed by atoms with Crippen LogP contribution in [0.3, 0.4) is 0 Å². The number of anilines is 1. The molecule has 5 nitrogen and oxygen atoms in total. The number of nitrogen functional groups attached to an aromatic ring is 1. The molecular formula is C16H20N4O. The molecule has 0 radical (unpaired) electrons. The summed E-state index contributed by atoms with van der Waals surface area (Å²) < 4.78 is 5.37. The van der Waals surface area contributed by atoms with Gasteiger partial charge in [-0.3, -0.25) is 5.41 Å². The van der Waals surface area contributed by atoms with Gasteiger partial charge in [-0.25, -0.2) is 4.98 Å². The first-order valence-electron chi connectivity index (χ1n) is 6.67. The molecule has 0 amide bonds. The summed E-state index contributed by atoms with van der Waals surface area (Å²) in [5, 5.41) is 7.57. The highest BCUT2D eigenvalue weighted by Crippen LogP contribution is 2.22. The third-order valence-corrected chi connectivity index (χ3v) is 3.24. The molecule has 21 heavy (non-hydrogen) atoms. The summed E-state index contributed by atoms with van der Waals surface area (Å²) >= 11 is 0. The van der Waals surface area contributed by atoms with Crippen molar-refractivity contribution in [3.05, 3.63) is 53.2 Å². The predicted octanol–water partition coefficient (Wildman–Crippen LogP) is 2.32. The van der Waals surface area contributed by atoms with E-state index in [4.69, 9.17) is 15.9 Å². The maximum absolute atomic E-state index is 7.57. The lowest BCUT2D eigenvalue weighted by Crippen LogP contribution is -2.20. The third kappa shape index (κ3) is 3.51. The minimum absolute atomic E-state index is 0.0486. The van der Waals surface area contributed by atoms with Crippen molar-refractivity contribution in [1.82, 2.24) is 4.98 Å². The van der Waals surface area contributed by atoms with Crippen LogP contribution in [0.5, 0.6) is 5.75 Å². The van der Waals surface area contributed by atoms with Crippen LogP contribution < -0.4 is 15.4 Å². The molecule has 0 atom stereocenters. The van der Waals surface area contributed by atoms with E-state index in [1.165, 1.54) is 0 Å². The van der Waals surface area contributed by atoms with Gasteiger partial charge in [-0.2, -0.15) is 0 Å². The van der Waals surface area contributed by atoms with Crippen LogP contribution in [0, 0.1) is 12.3 Å². The van der Waals surface area contributed by atoms with E-state index in [-0.39, 0.29) is 5.84 Å². The van der Waals surface area contributed by atoms with Crippen LogP contribution in [0.25, 0.3) is 0 Å². The number of benzene rings is 1. The molecule has 3 N–H and O–H groups in total. The van der Waals surface area contributed by atoms with Gasteiger partial charge in [0.2, 0.25) is 0 Å². The van der Waals surface area contributed by atoms with E-state index in [0.717, 1.165) is 22.8 Å². The first kappa shape index (κ1) is 14.8. The number of para-hydroxylation sites is 1. The Morgan fingerprint density at radius 2 is 2.05 bits per heavy atom. The van der Waals surface area contributed by atoms with E-state index < -0.39 is 0 Å². The van der Waals surface area contributed by atoms with Crippen molar-refractivity contribution in [1.29, 1.82) is 5.41 Å². The number of aryl methyl sites for hydroxylation is 1. The van der Waals surface area contributed by atoms with Crippen molar-refractivity contribution >= 4 is 11.7 Å². The minimum atomic E-state index is 0.0486. The van der Waals surface area contributed by atoms with Crippen molar-refractivity contribution in [2.24, 2.45) is 5.73 Å². The molecule has 0 aliphatic carbocycles. The number of rotatable bonds is 5. The fraction of sp³-hybridized carbons (Fsp3) is 0.250. The van der Waals surface area contributed by atoms with Crippen LogP contribution >= 0.6 is 0 Å². The van der Waals surface area contributed by atoms with Crippen molar-refractivity contribution in [2.75, 3.05) is 19.1 Å². The number of hydrogen-bond donors (Lipinski definition) is 2. The zero-order valence-electron chi connectivity index (χ0n) is 12.6. The molecule has 0 saturated carbocycles. The molecule has 0 fully saturated rings. The molecular weight excluding hydrogens is 264 g/mol. The number of amidine groups is 1. The summed E-state index contributed by atoms with van der Waals surface area (Å²) in [6.45, 7) is 2.56. The van der Waals surface area contributed by atoms with Gasteiger partial charge in [-0.15, -0.1) is 0 Å². The first-order valence-corrected chi connectivity index (χ1v) is 6.67. The minimum Gasteiger partial charge on any atom is -0.496 e. The monoisotopic (exact) mass is 284 g/mol. The van der Waals surface area contributed by atoms with Gasteiger partial charge in [0.1, 0.15) is 17.4 Å². The Morgan fingerprint density at radius 1 is 1.33 bits per heavy atom. The van der Waals surface area contributed by atoms with Crippen molar-refractivity contribution in [3.63, 3.8) is 0 Å². The second-order valence-electron chi connectivity index (χ2n) is 4.94. The number of nitrogens with one attached hydrogen (secondary N) is 1. The summed E-state index contributed by atoms with van der Waals surface area (Å²) in [4.78, 5) is 6.51. The zero-order valence-corrected chi connectivity index (χ0v) is 12.6. The van der Waals surface area contributed by atoms with Gasteiger partial charge in [0.05, 0.1) is 7.11 Å². The molecule has 0 unspecified atom stereocenters. The van der Waals surface area contributed by atoms with E-state index in [2.05, 4.69) is 4.98 Å². The SMILES string of the molecule is COc1ccccc1CN(C)c1cc(C(=N)N)cc(C)n1. The van der Waals surface area contributed by atoms with E-state index >= 15 is 0 Å². The largest absolute Gasteiger partial charge is 0.496 e. The molecule has 2 aromatic rings. The molecule has 0 bridgehead atoms. The quantitative estimate of drug-likeness (QED) is 0.652. The average molecular weight is 284 g/mol. The number of aromatic nitrogens is 1. The molecule has 5 heteroatoms. The maximum Gasteiger partial charge on any atom is 0.129 e. The zero-order chi connectivity index (χ0) is 15.4. The molecule has 0 aliphatic heterocycles. The van der Waals surface area contributed by atoms with Crippen LogP contribution in [-0.4, -0.2) is 25.0 Å². The van der Waals surface area contributed by atoms with Gasteiger partial charge in [0.25, 0.3) is 0 Å². The topological polar surface area (TPSA) is 75.2 Å². The van der Waals surface area contributed by atoms with Gasteiger partial charge >= 0.3 is 0 Å². The fourth-order valence-electron chi connectivity index (χ4n) is 2.17. The number of nitrogens with zero attached hydrogens (tertiary/aromatic N) is 2. The lowest BCUT2D eigenvalue weighted by molar-refractivity contribution is 0.409. The number of ether oxygens (including phenoxy) is 1. The maximum atomic E-state index is 7.57. The molecule has 1 aromatic heterocycles. The number of methoxy groups -OCH3 is 1. The van der Waals surface area contributed by atoms with E-state index in [1.54, 1.807) is 7.11 Å². The molecule has 2 rings (SSSR count). The highest BCUT2D eigenvalue weighted by molar-refractivity contribution is 5.95. The Labute approximate surface area is 124 Å². The van der Waals surface area contributed by atoms with E-state index in [9.17, 15) is 0 Å².